The Labute approximate surface area is 134 Å². The van der Waals surface area contributed by atoms with Crippen LogP contribution in [0.4, 0.5) is 23.7 Å². The monoisotopic (exact) mass is 344 g/mol. The molecule has 0 heterocycles. The topological polar surface area (TPSA) is 61.4 Å². The number of benzene rings is 2. The molecule has 0 aliphatic rings. The Kier molecular flexibility index (Phi) is 5.46. The molecule has 2 amide bonds. The van der Waals surface area contributed by atoms with Crippen molar-refractivity contribution in [2.24, 2.45) is 0 Å². The fraction of sp³-hybridized carbons (Fsp3) is 0.133. The molecule has 0 aliphatic heterocycles. The summed E-state index contributed by atoms with van der Waals surface area (Å²) in [6, 6.07) is 6.85. The lowest BCUT2D eigenvalue weighted by atomic mass is 10.1. The predicted octanol–water partition coefficient (Wildman–Crippen LogP) is 3.61. The van der Waals surface area contributed by atoms with E-state index >= 15 is 0 Å². The summed E-state index contributed by atoms with van der Waals surface area (Å²) in [5, 5.41) is 14.9. The number of nitrogens with one attached hydrogen (secondary N) is 2. The summed E-state index contributed by atoms with van der Waals surface area (Å²) in [5.74, 6) is -4.45. The van der Waals surface area contributed by atoms with Crippen molar-refractivity contribution in [3.8, 4) is 0 Å². The minimum atomic E-state index is -1.62. The van der Waals surface area contributed by atoms with Gasteiger partial charge in [-0.05, 0) is 17.7 Å². The summed E-state index contributed by atoms with van der Waals surface area (Å²) < 4.78 is 38.8. The van der Waals surface area contributed by atoms with Gasteiger partial charge in [-0.3, -0.25) is 0 Å². The number of anilines is 1. The van der Waals surface area contributed by atoms with Gasteiger partial charge in [0.15, 0.2) is 17.5 Å². The van der Waals surface area contributed by atoms with Gasteiger partial charge < -0.3 is 15.7 Å². The van der Waals surface area contributed by atoms with E-state index in [0.717, 1.165) is 0 Å². The van der Waals surface area contributed by atoms with Gasteiger partial charge in [-0.1, -0.05) is 23.7 Å². The Balaban J connectivity index is 1.91. The summed E-state index contributed by atoms with van der Waals surface area (Å²) in [6.45, 7) is -0.139. The fourth-order valence-electron chi connectivity index (χ4n) is 1.80. The van der Waals surface area contributed by atoms with E-state index < -0.39 is 29.6 Å². The first-order valence-electron chi connectivity index (χ1n) is 6.49. The molecule has 0 radical (unpaired) electrons. The van der Waals surface area contributed by atoms with E-state index in [1.807, 2.05) is 0 Å². The number of aliphatic hydroxyl groups is 1. The van der Waals surface area contributed by atoms with E-state index in [1.165, 1.54) is 0 Å². The normalized spacial score (nSPS) is 11.9. The summed E-state index contributed by atoms with van der Waals surface area (Å²) in [5.41, 5.74) is 0.286. The van der Waals surface area contributed by atoms with Crippen LogP contribution in [0, 0.1) is 17.5 Å². The van der Waals surface area contributed by atoms with Crippen molar-refractivity contribution < 1.29 is 23.1 Å². The molecular weight excluding hydrogens is 333 g/mol. The Bertz CT molecular complexity index is 687. The molecule has 0 bridgehead atoms. The number of hydrogen-bond donors (Lipinski definition) is 3. The molecule has 1 unspecified atom stereocenters. The summed E-state index contributed by atoms with van der Waals surface area (Å²) in [6.07, 6.45) is -0.986. The van der Waals surface area contributed by atoms with Gasteiger partial charge in [0, 0.05) is 29.4 Å². The van der Waals surface area contributed by atoms with Crippen LogP contribution in [-0.4, -0.2) is 17.7 Å². The third-order valence-electron chi connectivity index (χ3n) is 2.95. The Morgan fingerprint density at radius 3 is 2.26 bits per heavy atom. The zero-order valence-electron chi connectivity index (χ0n) is 11.6. The van der Waals surface area contributed by atoms with Gasteiger partial charge in [-0.25, -0.2) is 18.0 Å². The second-order valence-corrected chi connectivity index (χ2v) is 5.09. The first kappa shape index (κ1) is 17.1. The zero-order chi connectivity index (χ0) is 17.0. The van der Waals surface area contributed by atoms with Gasteiger partial charge in [0.2, 0.25) is 0 Å². The van der Waals surface area contributed by atoms with Crippen molar-refractivity contribution in [1.82, 2.24) is 5.32 Å². The van der Waals surface area contributed by atoms with E-state index in [1.54, 1.807) is 24.3 Å². The van der Waals surface area contributed by atoms with Crippen LogP contribution in [0.3, 0.4) is 0 Å². The highest BCUT2D eigenvalue weighted by atomic mass is 35.5. The Hall–Kier alpha value is -2.25. The first-order valence-corrected chi connectivity index (χ1v) is 6.87. The average molecular weight is 345 g/mol. The number of urea groups is 1. The van der Waals surface area contributed by atoms with E-state index in [9.17, 15) is 23.1 Å². The highest BCUT2D eigenvalue weighted by Gasteiger charge is 2.13. The van der Waals surface area contributed by atoms with Crippen molar-refractivity contribution in [1.29, 1.82) is 0 Å². The van der Waals surface area contributed by atoms with Crippen molar-refractivity contribution in [3.63, 3.8) is 0 Å². The molecule has 0 saturated heterocycles. The predicted molar refractivity (Wildman–Crippen MR) is 79.7 cm³/mol. The quantitative estimate of drug-likeness (QED) is 0.742. The Morgan fingerprint density at radius 1 is 1.13 bits per heavy atom. The number of carbonyl (C=O) groups is 1. The highest BCUT2D eigenvalue weighted by molar-refractivity contribution is 6.30. The molecule has 122 valence electrons. The van der Waals surface area contributed by atoms with E-state index in [4.69, 9.17) is 11.6 Å². The molecule has 3 N–H and O–H groups in total. The molecule has 8 heteroatoms. The molecule has 23 heavy (non-hydrogen) atoms. The second-order valence-electron chi connectivity index (χ2n) is 4.66. The van der Waals surface area contributed by atoms with Crippen LogP contribution in [0.5, 0.6) is 0 Å². The molecule has 1 atom stereocenters. The van der Waals surface area contributed by atoms with E-state index in [-0.39, 0.29) is 12.2 Å². The maximum atomic E-state index is 13.0. The van der Waals surface area contributed by atoms with Crippen molar-refractivity contribution >= 4 is 23.3 Å². The zero-order valence-corrected chi connectivity index (χ0v) is 12.4. The maximum Gasteiger partial charge on any atom is 0.319 e. The lowest BCUT2D eigenvalue weighted by Gasteiger charge is -2.13. The Morgan fingerprint density at radius 2 is 1.70 bits per heavy atom. The number of carbonyl (C=O) groups excluding carboxylic acids is 1. The molecule has 4 nitrogen and oxygen atoms in total. The lowest BCUT2D eigenvalue weighted by Crippen LogP contribution is -2.32. The standard InChI is InChI=1S/C15H12ClF3N2O2/c16-9-3-1-8(2-4-9)13(22)7-20-15(23)21-10-5-11(17)14(19)12(18)6-10/h1-6,13,22H,7H2,(H2,20,21,23). The molecule has 0 aromatic heterocycles. The SMILES string of the molecule is O=C(NCC(O)c1ccc(Cl)cc1)Nc1cc(F)c(F)c(F)c1. The van der Waals surface area contributed by atoms with Gasteiger partial charge in [-0.15, -0.1) is 0 Å². The number of rotatable bonds is 4. The van der Waals surface area contributed by atoms with Crippen LogP contribution in [-0.2, 0) is 0 Å². The third-order valence-corrected chi connectivity index (χ3v) is 3.20. The molecule has 2 aromatic rings. The van der Waals surface area contributed by atoms with Gasteiger partial charge >= 0.3 is 6.03 Å². The summed E-state index contributed by atoms with van der Waals surface area (Å²) in [4.78, 5) is 11.6. The molecule has 2 aromatic carbocycles. The molecule has 0 fully saturated rings. The van der Waals surface area contributed by atoms with Crippen molar-refractivity contribution in [3.05, 3.63) is 64.4 Å². The molecule has 0 spiro atoms. The minimum Gasteiger partial charge on any atom is -0.387 e. The van der Waals surface area contributed by atoms with Gasteiger partial charge in [0.1, 0.15) is 0 Å². The number of halogens is 4. The molecule has 0 aliphatic carbocycles. The van der Waals surface area contributed by atoms with Crippen LogP contribution in [0.15, 0.2) is 36.4 Å². The van der Waals surface area contributed by atoms with Gasteiger partial charge in [-0.2, -0.15) is 0 Å². The first-order chi connectivity index (χ1) is 10.9. The molecule has 2 rings (SSSR count). The average Bonchev–Trinajstić information content (AvgIpc) is 2.51. The number of aliphatic hydroxyl groups excluding tert-OH is 1. The second kappa shape index (κ2) is 7.34. The largest absolute Gasteiger partial charge is 0.387 e. The van der Waals surface area contributed by atoms with Crippen LogP contribution in [0.25, 0.3) is 0 Å². The maximum absolute atomic E-state index is 13.0. The van der Waals surface area contributed by atoms with Crippen molar-refractivity contribution in [2.75, 3.05) is 11.9 Å². The van der Waals surface area contributed by atoms with Gasteiger partial charge in [0.05, 0.1) is 6.10 Å². The van der Waals surface area contributed by atoms with Crippen LogP contribution in [0.1, 0.15) is 11.7 Å². The lowest BCUT2D eigenvalue weighted by molar-refractivity contribution is 0.175. The molecule has 0 saturated carbocycles. The van der Waals surface area contributed by atoms with Gasteiger partial charge in [0.25, 0.3) is 0 Å². The highest BCUT2D eigenvalue weighted by Crippen LogP contribution is 2.18. The van der Waals surface area contributed by atoms with E-state index in [2.05, 4.69) is 10.6 Å². The van der Waals surface area contributed by atoms with Crippen LogP contribution in [0.2, 0.25) is 5.02 Å². The van der Waals surface area contributed by atoms with E-state index in [0.29, 0.717) is 22.7 Å². The smallest absolute Gasteiger partial charge is 0.319 e. The van der Waals surface area contributed by atoms with Crippen LogP contribution < -0.4 is 10.6 Å². The number of hydrogen-bond acceptors (Lipinski definition) is 2. The molecular formula is C15H12ClF3N2O2. The van der Waals surface area contributed by atoms with Crippen molar-refractivity contribution in [2.45, 2.75) is 6.10 Å². The minimum absolute atomic E-state index is 0.139. The third kappa shape index (κ3) is 4.61. The fourth-order valence-corrected chi connectivity index (χ4v) is 1.92. The number of amides is 2. The summed E-state index contributed by atoms with van der Waals surface area (Å²) >= 11 is 5.72. The summed E-state index contributed by atoms with van der Waals surface area (Å²) in [7, 11) is 0. The van der Waals surface area contributed by atoms with Crippen LogP contribution >= 0.6 is 11.6 Å².